The van der Waals surface area contributed by atoms with Crippen molar-refractivity contribution >= 4 is 21.5 Å². The lowest BCUT2D eigenvalue weighted by Gasteiger charge is -2.84. The lowest BCUT2D eigenvalue weighted by molar-refractivity contribution is -0.386. The second-order valence-electron chi connectivity index (χ2n) is 12.7. The Bertz CT molecular complexity index is 1720. The standard InChI is InChI=1S/C25H24N6O3S/c1-9-4-5-10(6-11(9)12-7-27-20-19(26)28-8-29-31(12)20)35(33,34)30-25-14-16-22-15-13(18(25)23(15,16)25)24(22,17(14)22)21(2,3)32/h4-8,13-18,30,32H,1-3H3,(H2,26,28,29). The molecule has 0 radical (unpaired) electrons. The minimum Gasteiger partial charge on any atom is -0.390 e. The third kappa shape index (κ3) is 1.24. The van der Waals surface area contributed by atoms with Crippen LogP contribution in [0.3, 0.4) is 0 Å². The summed E-state index contributed by atoms with van der Waals surface area (Å²) in [5, 5.41) is 15.3. The van der Waals surface area contributed by atoms with Crippen LogP contribution in [0.25, 0.3) is 16.9 Å². The monoisotopic (exact) mass is 488 g/mol. The van der Waals surface area contributed by atoms with Crippen LogP contribution < -0.4 is 10.5 Å². The molecule has 9 nitrogen and oxygen atoms in total. The highest BCUT2D eigenvalue weighted by molar-refractivity contribution is 7.89. The predicted molar refractivity (Wildman–Crippen MR) is 123 cm³/mol. The molecule has 2 heterocycles. The molecule has 35 heavy (non-hydrogen) atoms. The minimum absolute atomic E-state index is 0.0711. The number of aromatic nitrogens is 4. The SMILES string of the molecule is Cc1ccc(S(=O)(=O)NC23C4C5C26C3C2C6C53C4C23C(C)(C)O)cc1-c1cnc2c(N)ncnn12. The Labute approximate surface area is 201 Å². The number of imidazole rings is 1. The molecule has 10 heteroatoms. The van der Waals surface area contributed by atoms with Gasteiger partial charge in [-0.25, -0.2) is 27.6 Å². The van der Waals surface area contributed by atoms with Gasteiger partial charge in [-0.1, -0.05) is 6.07 Å². The summed E-state index contributed by atoms with van der Waals surface area (Å²) in [5.74, 6) is 3.40. The molecule has 2 aromatic heterocycles. The molecule has 7 saturated carbocycles. The lowest BCUT2D eigenvalue weighted by Crippen LogP contribution is -2.85. The van der Waals surface area contributed by atoms with Gasteiger partial charge in [0.1, 0.15) is 6.33 Å². The third-order valence-corrected chi connectivity index (χ3v) is 13.7. The number of hydrogen-bond acceptors (Lipinski definition) is 7. The van der Waals surface area contributed by atoms with Crippen LogP contribution in [-0.4, -0.2) is 44.2 Å². The molecule has 2 spiro atoms. The van der Waals surface area contributed by atoms with E-state index in [2.05, 4.69) is 19.8 Å². The summed E-state index contributed by atoms with van der Waals surface area (Å²) in [5.41, 5.74) is 8.44. The van der Waals surface area contributed by atoms with Crippen LogP contribution in [0.5, 0.6) is 0 Å². The summed E-state index contributed by atoms with van der Waals surface area (Å²) in [7, 11) is -3.72. The quantitative estimate of drug-likeness (QED) is 0.491. The fourth-order valence-corrected chi connectivity index (χ4v) is 13.8. The summed E-state index contributed by atoms with van der Waals surface area (Å²) in [6.45, 7) is 5.90. The van der Waals surface area contributed by atoms with Crippen LogP contribution in [0.15, 0.2) is 35.6 Å². The molecular formula is C25H24N6O3S. The number of anilines is 1. The van der Waals surface area contributed by atoms with Crippen molar-refractivity contribution in [2.24, 2.45) is 51.8 Å². The normalized spacial score (nSPS) is 49.5. The molecule has 0 saturated heterocycles. The van der Waals surface area contributed by atoms with Crippen molar-refractivity contribution in [1.82, 2.24) is 24.3 Å². The largest absolute Gasteiger partial charge is 0.390 e. The molecule has 10 atom stereocenters. The van der Waals surface area contributed by atoms with Gasteiger partial charge in [-0.15, -0.1) is 0 Å². The lowest BCUT2D eigenvalue weighted by atomic mass is 9.20. The fraction of sp³-hybridized carbons (Fsp3) is 0.560. The second kappa shape index (κ2) is 4.39. The molecule has 0 amide bonds. The topological polar surface area (TPSA) is 136 Å². The second-order valence-corrected chi connectivity index (χ2v) is 14.4. The zero-order valence-electron chi connectivity index (χ0n) is 19.4. The van der Waals surface area contributed by atoms with Crippen LogP contribution in [0.1, 0.15) is 19.4 Å². The maximum atomic E-state index is 13.8. The maximum absolute atomic E-state index is 13.8. The van der Waals surface area contributed by atoms with E-state index in [1.165, 1.54) is 6.33 Å². The van der Waals surface area contributed by atoms with Crippen LogP contribution in [0, 0.1) is 58.7 Å². The van der Waals surface area contributed by atoms with Gasteiger partial charge in [0.25, 0.3) is 0 Å². The molecule has 7 aliphatic carbocycles. The predicted octanol–water partition coefficient (Wildman–Crippen LogP) is 1.22. The minimum atomic E-state index is -3.72. The summed E-state index contributed by atoms with van der Waals surface area (Å²) < 4.78 is 32.4. The van der Waals surface area contributed by atoms with E-state index in [9.17, 15) is 13.5 Å². The van der Waals surface area contributed by atoms with E-state index < -0.39 is 15.6 Å². The molecule has 0 aliphatic heterocycles. The summed E-state index contributed by atoms with van der Waals surface area (Å²) in [6, 6.07) is 5.25. The number of hydrogen-bond donors (Lipinski definition) is 3. The van der Waals surface area contributed by atoms with Crippen LogP contribution in [-0.2, 0) is 10.0 Å². The average Bonchev–Trinajstić information content (AvgIpc) is 3.49. The maximum Gasteiger partial charge on any atom is 0.241 e. The third-order valence-electron chi connectivity index (χ3n) is 12.3. The first kappa shape index (κ1) is 18.7. The Morgan fingerprint density at radius 3 is 2.63 bits per heavy atom. The van der Waals surface area contributed by atoms with Crippen molar-refractivity contribution in [3.05, 3.63) is 36.3 Å². The van der Waals surface area contributed by atoms with Crippen LogP contribution >= 0.6 is 0 Å². The van der Waals surface area contributed by atoms with Gasteiger partial charge in [-0.3, -0.25) is 0 Å². The number of nitrogen functional groups attached to an aromatic ring is 1. The highest BCUT2D eigenvalue weighted by atomic mass is 32.2. The van der Waals surface area contributed by atoms with Gasteiger partial charge in [0, 0.05) is 21.9 Å². The fourth-order valence-electron chi connectivity index (χ4n) is 12.3. The molecule has 4 N–H and O–H groups in total. The van der Waals surface area contributed by atoms with Crippen LogP contribution in [0.4, 0.5) is 5.82 Å². The van der Waals surface area contributed by atoms with Gasteiger partial charge >= 0.3 is 0 Å². The highest BCUT2D eigenvalue weighted by Crippen LogP contribution is 3.29. The number of aryl methyl sites for hydroxylation is 1. The van der Waals surface area contributed by atoms with Crippen molar-refractivity contribution in [2.45, 2.75) is 36.8 Å². The number of nitrogens with zero attached hydrogens (tertiary/aromatic N) is 4. The Balaban J connectivity index is 1.04. The van der Waals surface area contributed by atoms with Crippen molar-refractivity contribution in [3.8, 4) is 11.3 Å². The number of sulfonamides is 1. The van der Waals surface area contributed by atoms with E-state index in [1.807, 2.05) is 26.8 Å². The zero-order valence-corrected chi connectivity index (χ0v) is 20.2. The highest BCUT2D eigenvalue weighted by Gasteiger charge is 3.32. The Morgan fingerprint density at radius 1 is 1.11 bits per heavy atom. The van der Waals surface area contributed by atoms with E-state index in [0.29, 0.717) is 52.3 Å². The van der Waals surface area contributed by atoms with Gasteiger partial charge in [0.15, 0.2) is 11.5 Å². The van der Waals surface area contributed by atoms with Gasteiger partial charge in [0.2, 0.25) is 10.0 Å². The summed E-state index contributed by atoms with van der Waals surface area (Å²) in [4.78, 5) is 8.59. The summed E-state index contributed by atoms with van der Waals surface area (Å²) in [6.07, 6.45) is 3.02. The van der Waals surface area contributed by atoms with Gasteiger partial charge in [-0.2, -0.15) is 5.10 Å². The van der Waals surface area contributed by atoms with E-state index in [0.717, 1.165) is 11.1 Å². The molecule has 0 bridgehead atoms. The van der Waals surface area contributed by atoms with Crippen molar-refractivity contribution in [3.63, 3.8) is 0 Å². The van der Waals surface area contributed by atoms with Gasteiger partial charge in [-0.05, 0) is 79.4 Å². The first-order valence-electron chi connectivity index (χ1n) is 12.4. The molecule has 7 fully saturated rings. The number of rotatable bonds is 5. The molecule has 1 aromatic carbocycles. The number of nitrogens with one attached hydrogen (secondary N) is 1. The van der Waals surface area contributed by atoms with E-state index in [-0.39, 0.29) is 27.1 Å². The molecule has 10 rings (SSSR count). The molecule has 7 aliphatic rings. The zero-order chi connectivity index (χ0) is 23.9. The number of nitrogens with two attached hydrogens (primary N) is 1. The summed E-state index contributed by atoms with van der Waals surface area (Å²) >= 11 is 0. The average molecular weight is 489 g/mol. The first-order chi connectivity index (χ1) is 16.6. The number of aliphatic hydroxyl groups is 1. The number of fused-ring (bicyclic) bond motifs is 7. The Kier molecular flexibility index (Phi) is 2.34. The first-order valence-corrected chi connectivity index (χ1v) is 13.9. The smallest absolute Gasteiger partial charge is 0.241 e. The number of benzene rings is 1. The molecule has 3 aromatic rings. The van der Waals surface area contributed by atoms with E-state index in [1.54, 1.807) is 22.8 Å². The van der Waals surface area contributed by atoms with Crippen molar-refractivity contribution < 1.29 is 13.5 Å². The van der Waals surface area contributed by atoms with Crippen LogP contribution in [0.2, 0.25) is 0 Å². The van der Waals surface area contributed by atoms with Gasteiger partial charge < -0.3 is 10.8 Å². The molecule has 178 valence electrons. The van der Waals surface area contributed by atoms with Crippen molar-refractivity contribution in [2.75, 3.05) is 5.73 Å². The van der Waals surface area contributed by atoms with E-state index >= 15 is 0 Å². The Morgan fingerprint density at radius 2 is 1.89 bits per heavy atom. The van der Waals surface area contributed by atoms with Crippen molar-refractivity contribution in [1.29, 1.82) is 0 Å². The van der Waals surface area contributed by atoms with E-state index in [4.69, 9.17) is 5.73 Å². The molecule has 10 unspecified atom stereocenters. The van der Waals surface area contributed by atoms with Gasteiger partial charge in [0.05, 0.1) is 22.4 Å². The molecular weight excluding hydrogens is 464 g/mol. The Hall–Kier alpha value is -2.56.